The number of aromatic hydroxyl groups is 1. The minimum absolute atomic E-state index is 0.0459. The highest BCUT2D eigenvalue weighted by Gasteiger charge is 2.30. The molecular weight excluding hydrogens is 336 g/mol. The molecule has 0 aromatic heterocycles. The Bertz CT molecular complexity index is 560. The van der Waals surface area contributed by atoms with E-state index in [1.165, 1.54) is 6.07 Å². The SMILES string of the molecule is CN(C)C(=O)[C@@H]1CCCN(C(=O)c2ccc(Br)cc2O)C1. The number of hydrogen-bond donors (Lipinski definition) is 1. The molecule has 1 aliphatic rings. The molecule has 0 aliphatic carbocycles. The van der Waals surface area contributed by atoms with Crippen LogP contribution in [0.2, 0.25) is 0 Å². The Balaban J connectivity index is 2.14. The second kappa shape index (κ2) is 6.47. The van der Waals surface area contributed by atoms with Crippen LogP contribution in [-0.2, 0) is 4.79 Å². The second-order valence-corrected chi connectivity index (χ2v) is 6.40. The number of hydrogen-bond acceptors (Lipinski definition) is 3. The Morgan fingerprint density at radius 1 is 1.38 bits per heavy atom. The minimum atomic E-state index is -0.226. The molecule has 2 rings (SSSR count). The normalized spacial score (nSPS) is 18.4. The summed E-state index contributed by atoms with van der Waals surface area (Å²) in [6, 6.07) is 4.82. The lowest BCUT2D eigenvalue weighted by molar-refractivity contribution is -0.134. The van der Waals surface area contributed by atoms with Crippen LogP contribution in [0.15, 0.2) is 22.7 Å². The van der Waals surface area contributed by atoms with Gasteiger partial charge in [0.1, 0.15) is 5.75 Å². The number of amides is 2. The van der Waals surface area contributed by atoms with E-state index in [-0.39, 0.29) is 29.0 Å². The lowest BCUT2D eigenvalue weighted by atomic mass is 9.96. The maximum absolute atomic E-state index is 12.5. The quantitative estimate of drug-likeness (QED) is 0.884. The van der Waals surface area contributed by atoms with Gasteiger partial charge in [0.25, 0.3) is 5.91 Å². The predicted octanol–water partition coefficient (Wildman–Crippen LogP) is 2.10. The third kappa shape index (κ3) is 3.56. The zero-order valence-corrected chi connectivity index (χ0v) is 13.8. The van der Waals surface area contributed by atoms with Crippen LogP contribution in [0, 0.1) is 5.92 Å². The molecule has 0 unspecified atom stereocenters. The maximum atomic E-state index is 12.5. The molecule has 2 amide bonds. The summed E-state index contributed by atoms with van der Waals surface area (Å²) in [6.07, 6.45) is 1.60. The van der Waals surface area contributed by atoms with E-state index in [9.17, 15) is 14.7 Å². The van der Waals surface area contributed by atoms with Crippen molar-refractivity contribution in [1.82, 2.24) is 9.80 Å². The Morgan fingerprint density at radius 3 is 2.71 bits per heavy atom. The molecule has 1 aromatic rings. The van der Waals surface area contributed by atoms with Gasteiger partial charge in [-0.15, -0.1) is 0 Å². The van der Waals surface area contributed by atoms with Gasteiger partial charge in [-0.3, -0.25) is 9.59 Å². The Hall–Kier alpha value is -1.56. The summed E-state index contributed by atoms with van der Waals surface area (Å²) in [5.41, 5.74) is 0.274. The maximum Gasteiger partial charge on any atom is 0.257 e. The molecule has 1 N–H and O–H groups in total. The molecule has 0 bridgehead atoms. The summed E-state index contributed by atoms with van der Waals surface area (Å²) >= 11 is 3.25. The molecule has 21 heavy (non-hydrogen) atoms. The van der Waals surface area contributed by atoms with Crippen molar-refractivity contribution in [3.63, 3.8) is 0 Å². The fourth-order valence-corrected chi connectivity index (χ4v) is 2.93. The van der Waals surface area contributed by atoms with Gasteiger partial charge in [0, 0.05) is 31.7 Å². The Kier molecular flexibility index (Phi) is 4.88. The summed E-state index contributed by atoms with van der Waals surface area (Å²) in [4.78, 5) is 27.8. The summed E-state index contributed by atoms with van der Waals surface area (Å²) < 4.78 is 0.718. The van der Waals surface area contributed by atoms with Crippen molar-refractivity contribution in [3.05, 3.63) is 28.2 Å². The van der Waals surface area contributed by atoms with E-state index < -0.39 is 0 Å². The van der Waals surface area contributed by atoms with Crippen molar-refractivity contribution in [1.29, 1.82) is 0 Å². The largest absolute Gasteiger partial charge is 0.507 e. The first-order valence-electron chi connectivity index (χ1n) is 6.89. The molecule has 0 saturated carbocycles. The third-order valence-electron chi connectivity index (χ3n) is 3.69. The monoisotopic (exact) mass is 354 g/mol. The number of nitrogens with zero attached hydrogens (tertiary/aromatic N) is 2. The van der Waals surface area contributed by atoms with Gasteiger partial charge in [0.05, 0.1) is 11.5 Å². The van der Waals surface area contributed by atoms with E-state index in [0.29, 0.717) is 13.1 Å². The second-order valence-electron chi connectivity index (χ2n) is 5.48. The highest BCUT2D eigenvalue weighted by atomic mass is 79.9. The summed E-state index contributed by atoms with van der Waals surface area (Å²) in [6.45, 7) is 1.02. The van der Waals surface area contributed by atoms with Crippen LogP contribution >= 0.6 is 15.9 Å². The van der Waals surface area contributed by atoms with Crippen LogP contribution in [0.1, 0.15) is 23.2 Å². The Morgan fingerprint density at radius 2 is 2.10 bits per heavy atom. The van der Waals surface area contributed by atoms with Gasteiger partial charge in [0.15, 0.2) is 0 Å². The molecule has 0 radical (unpaired) electrons. The molecular formula is C15H19BrN2O3. The van der Waals surface area contributed by atoms with Crippen molar-refractivity contribution in [2.24, 2.45) is 5.92 Å². The van der Waals surface area contributed by atoms with Gasteiger partial charge in [0.2, 0.25) is 5.91 Å². The first-order chi connectivity index (χ1) is 9.90. The van der Waals surface area contributed by atoms with Gasteiger partial charge in [-0.2, -0.15) is 0 Å². The molecule has 114 valence electrons. The van der Waals surface area contributed by atoms with E-state index in [4.69, 9.17) is 0 Å². The molecule has 0 spiro atoms. The highest BCUT2D eigenvalue weighted by Crippen LogP contribution is 2.26. The van der Waals surface area contributed by atoms with Gasteiger partial charge < -0.3 is 14.9 Å². The number of benzene rings is 1. The van der Waals surface area contributed by atoms with Crippen LogP contribution in [-0.4, -0.2) is 53.9 Å². The number of halogens is 1. The zero-order chi connectivity index (χ0) is 15.6. The zero-order valence-electron chi connectivity index (χ0n) is 12.2. The average Bonchev–Trinajstić information content (AvgIpc) is 2.46. The first-order valence-corrected chi connectivity index (χ1v) is 7.68. The lowest BCUT2D eigenvalue weighted by Crippen LogP contribution is -2.45. The predicted molar refractivity (Wildman–Crippen MR) is 83.1 cm³/mol. The summed E-state index contributed by atoms with van der Waals surface area (Å²) in [7, 11) is 3.45. The average molecular weight is 355 g/mol. The number of carbonyl (C=O) groups excluding carboxylic acids is 2. The number of rotatable bonds is 2. The van der Waals surface area contributed by atoms with Crippen molar-refractivity contribution in [3.8, 4) is 5.75 Å². The van der Waals surface area contributed by atoms with Gasteiger partial charge in [-0.1, -0.05) is 15.9 Å². The highest BCUT2D eigenvalue weighted by molar-refractivity contribution is 9.10. The van der Waals surface area contributed by atoms with Crippen molar-refractivity contribution in [2.75, 3.05) is 27.2 Å². The smallest absolute Gasteiger partial charge is 0.257 e. The van der Waals surface area contributed by atoms with E-state index in [2.05, 4.69) is 15.9 Å². The van der Waals surface area contributed by atoms with E-state index in [1.54, 1.807) is 36.0 Å². The van der Waals surface area contributed by atoms with Crippen LogP contribution in [0.25, 0.3) is 0 Å². The third-order valence-corrected chi connectivity index (χ3v) is 4.18. The number of likely N-dealkylation sites (tertiary alicyclic amines) is 1. The fraction of sp³-hybridized carbons (Fsp3) is 0.467. The molecule has 1 fully saturated rings. The topological polar surface area (TPSA) is 60.9 Å². The van der Waals surface area contributed by atoms with Crippen molar-refractivity contribution < 1.29 is 14.7 Å². The van der Waals surface area contributed by atoms with Gasteiger partial charge in [-0.05, 0) is 31.0 Å². The summed E-state index contributed by atoms with van der Waals surface area (Å²) in [5, 5.41) is 9.90. The number of phenolic OH excluding ortho intramolecular Hbond substituents is 1. The van der Waals surface area contributed by atoms with Crippen LogP contribution < -0.4 is 0 Å². The van der Waals surface area contributed by atoms with E-state index in [0.717, 1.165) is 17.3 Å². The van der Waals surface area contributed by atoms with Crippen LogP contribution in [0.4, 0.5) is 0 Å². The van der Waals surface area contributed by atoms with Crippen molar-refractivity contribution in [2.45, 2.75) is 12.8 Å². The first kappa shape index (κ1) is 15.8. The van der Waals surface area contributed by atoms with E-state index >= 15 is 0 Å². The molecule has 1 aromatic carbocycles. The fourth-order valence-electron chi connectivity index (χ4n) is 2.58. The standard InChI is InChI=1S/C15H19BrN2O3/c1-17(2)14(20)10-4-3-7-18(9-10)15(21)12-6-5-11(16)8-13(12)19/h5-6,8,10,19H,3-4,7,9H2,1-2H3/t10-/m1/s1. The molecule has 1 saturated heterocycles. The van der Waals surface area contributed by atoms with E-state index in [1.807, 2.05) is 0 Å². The van der Waals surface area contributed by atoms with Crippen LogP contribution in [0.5, 0.6) is 5.75 Å². The minimum Gasteiger partial charge on any atom is -0.507 e. The summed E-state index contributed by atoms with van der Waals surface area (Å²) in [5.74, 6) is -0.380. The lowest BCUT2D eigenvalue weighted by Gasteiger charge is -2.33. The van der Waals surface area contributed by atoms with Crippen LogP contribution in [0.3, 0.4) is 0 Å². The van der Waals surface area contributed by atoms with Gasteiger partial charge in [-0.25, -0.2) is 0 Å². The Labute approximate surface area is 132 Å². The van der Waals surface area contributed by atoms with Crippen molar-refractivity contribution >= 4 is 27.7 Å². The number of phenols is 1. The number of piperidine rings is 1. The molecule has 1 atom stereocenters. The number of carbonyl (C=O) groups is 2. The molecule has 6 heteroatoms. The molecule has 1 aliphatic heterocycles. The van der Waals surface area contributed by atoms with Gasteiger partial charge >= 0.3 is 0 Å². The molecule has 5 nitrogen and oxygen atoms in total. The molecule has 1 heterocycles.